The van der Waals surface area contributed by atoms with E-state index in [4.69, 9.17) is 0 Å². The first-order chi connectivity index (χ1) is 3.92. The van der Waals surface area contributed by atoms with Crippen LogP contribution in [-0.4, -0.2) is 7.28 Å². The van der Waals surface area contributed by atoms with E-state index in [1.165, 1.54) is 13.6 Å². The molecule has 0 nitrogen and oxygen atoms in total. The van der Waals surface area contributed by atoms with Gasteiger partial charge in [0.2, 0.25) is 0 Å². The van der Waals surface area contributed by atoms with Gasteiger partial charge in [0.1, 0.15) is 7.28 Å². The SMILES string of the molecule is CC(C)BCC(C)(C)C. The minimum absolute atomic E-state index is 0.532. The van der Waals surface area contributed by atoms with Crippen LogP contribution in [0.4, 0.5) is 0 Å². The van der Waals surface area contributed by atoms with Gasteiger partial charge in [-0.2, -0.15) is 0 Å². The average Bonchev–Trinajstić information content (AvgIpc) is 1.59. The molecule has 0 radical (unpaired) electrons. The molecule has 0 amide bonds. The molecule has 0 bridgehead atoms. The highest BCUT2D eigenvalue weighted by atomic mass is 14.1. The predicted octanol–water partition coefficient (Wildman–Crippen LogP) is 2.72. The molecular weight excluding hydrogens is 107 g/mol. The molecule has 0 unspecified atom stereocenters. The van der Waals surface area contributed by atoms with Gasteiger partial charge in [0, 0.05) is 0 Å². The van der Waals surface area contributed by atoms with Crippen molar-refractivity contribution in [2.45, 2.75) is 46.8 Å². The van der Waals surface area contributed by atoms with Crippen molar-refractivity contribution in [3.05, 3.63) is 0 Å². The van der Waals surface area contributed by atoms with Crippen LogP contribution in [0.25, 0.3) is 0 Å². The first kappa shape index (κ1) is 9.06. The molecule has 0 aromatic heterocycles. The van der Waals surface area contributed by atoms with Gasteiger partial charge in [-0.3, -0.25) is 0 Å². The third kappa shape index (κ3) is 8.06. The molecule has 0 fully saturated rings. The Morgan fingerprint density at radius 2 is 1.67 bits per heavy atom. The third-order valence-electron chi connectivity index (χ3n) is 1.47. The standard InChI is InChI=1S/C8H19B/c1-7(2)9-6-8(3,4)5/h7,9H,6H2,1-5H3. The van der Waals surface area contributed by atoms with Gasteiger partial charge in [0.05, 0.1) is 0 Å². The molecule has 0 saturated heterocycles. The zero-order valence-corrected chi connectivity index (χ0v) is 7.49. The molecule has 0 aliphatic rings. The molecule has 0 N–H and O–H groups in total. The fourth-order valence-electron chi connectivity index (χ4n) is 0.722. The van der Waals surface area contributed by atoms with Crippen molar-refractivity contribution in [3.63, 3.8) is 0 Å². The monoisotopic (exact) mass is 126 g/mol. The molecule has 0 aliphatic heterocycles. The van der Waals surface area contributed by atoms with Gasteiger partial charge in [-0.15, -0.1) is 0 Å². The molecule has 0 rings (SSSR count). The fraction of sp³-hybridized carbons (Fsp3) is 1.00. The topological polar surface area (TPSA) is 0 Å². The van der Waals surface area contributed by atoms with Gasteiger partial charge in [-0.25, -0.2) is 0 Å². The summed E-state index contributed by atoms with van der Waals surface area (Å²) in [5.41, 5.74) is 0.532. The largest absolute Gasteiger partial charge is 0.124 e. The molecule has 9 heavy (non-hydrogen) atoms. The second-order valence-corrected chi connectivity index (χ2v) is 4.49. The zero-order valence-electron chi connectivity index (χ0n) is 7.49. The van der Waals surface area contributed by atoms with Crippen LogP contribution < -0.4 is 0 Å². The summed E-state index contributed by atoms with van der Waals surface area (Å²) >= 11 is 0. The number of hydrogen-bond acceptors (Lipinski definition) is 0. The van der Waals surface area contributed by atoms with E-state index in [0.29, 0.717) is 5.41 Å². The normalized spacial score (nSPS) is 12.2. The maximum Gasteiger partial charge on any atom is 0.124 e. The highest BCUT2D eigenvalue weighted by molar-refractivity contribution is 6.37. The molecule has 0 aliphatic carbocycles. The summed E-state index contributed by atoms with van der Waals surface area (Å²) < 4.78 is 0. The van der Waals surface area contributed by atoms with Crippen LogP contribution in [0.15, 0.2) is 0 Å². The summed E-state index contributed by atoms with van der Waals surface area (Å²) in [6, 6.07) is 0. The van der Waals surface area contributed by atoms with Crippen LogP contribution in [0.1, 0.15) is 34.6 Å². The second kappa shape index (κ2) is 3.29. The number of rotatable bonds is 2. The summed E-state index contributed by atoms with van der Waals surface area (Å²) in [7, 11) is 1.36. The van der Waals surface area contributed by atoms with E-state index < -0.39 is 0 Å². The van der Waals surface area contributed by atoms with Crippen LogP contribution in [-0.2, 0) is 0 Å². The predicted molar refractivity (Wildman–Crippen MR) is 46.5 cm³/mol. The smallest absolute Gasteiger partial charge is 0.0724 e. The van der Waals surface area contributed by atoms with Crippen molar-refractivity contribution in [3.8, 4) is 0 Å². The quantitative estimate of drug-likeness (QED) is 0.499. The molecule has 0 aromatic carbocycles. The Balaban J connectivity index is 3.28. The molecule has 0 saturated carbocycles. The van der Waals surface area contributed by atoms with Crippen LogP contribution >= 0.6 is 0 Å². The molecule has 0 atom stereocenters. The lowest BCUT2D eigenvalue weighted by Gasteiger charge is -2.17. The van der Waals surface area contributed by atoms with Crippen LogP contribution in [0.5, 0.6) is 0 Å². The maximum atomic E-state index is 2.30. The van der Waals surface area contributed by atoms with Crippen molar-refractivity contribution >= 4 is 7.28 Å². The summed E-state index contributed by atoms with van der Waals surface area (Å²) in [4.78, 5) is 0. The summed E-state index contributed by atoms with van der Waals surface area (Å²) in [6.07, 6.45) is 1.35. The molecule has 1 heteroatoms. The van der Waals surface area contributed by atoms with Crippen LogP contribution in [0.3, 0.4) is 0 Å². The van der Waals surface area contributed by atoms with E-state index in [-0.39, 0.29) is 0 Å². The highest BCUT2D eigenvalue weighted by Gasteiger charge is 2.10. The minimum atomic E-state index is 0.532. The van der Waals surface area contributed by atoms with Crippen LogP contribution in [0.2, 0.25) is 12.1 Å². The van der Waals surface area contributed by atoms with Gasteiger partial charge < -0.3 is 0 Å². The van der Waals surface area contributed by atoms with E-state index in [0.717, 1.165) is 5.82 Å². The van der Waals surface area contributed by atoms with Crippen molar-refractivity contribution in [1.29, 1.82) is 0 Å². The second-order valence-electron chi connectivity index (χ2n) is 4.49. The Kier molecular flexibility index (Phi) is 3.31. The Labute approximate surface area is 60.3 Å². The number of hydrogen-bond donors (Lipinski definition) is 0. The van der Waals surface area contributed by atoms with Gasteiger partial charge in [0.25, 0.3) is 0 Å². The lowest BCUT2D eigenvalue weighted by Crippen LogP contribution is -2.09. The van der Waals surface area contributed by atoms with Gasteiger partial charge >= 0.3 is 0 Å². The Morgan fingerprint density at radius 3 is 1.78 bits per heavy atom. The lowest BCUT2D eigenvalue weighted by molar-refractivity contribution is 0.465. The van der Waals surface area contributed by atoms with Crippen molar-refractivity contribution in [2.24, 2.45) is 5.41 Å². The first-order valence-corrected chi connectivity index (χ1v) is 3.92. The average molecular weight is 126 g/mol. The van der Waals surface area contributed by atoms with E-state index >= 15 is 0 Å². The van der Waals surface area contributed by atoms with Crippen molar-refractivity contribution in [2.75, 3.05) is 0 Å². The van der Waals surface area contributed by atoms with E-state index in [9.17, 15) is 0 Å². The Morgan fingerprint density at radius 1 is 1.22 bits per heavy atom. The molecule has 54 valence electrons. The highest BCUT2D eigenvalue weighted by Crippen LogP contribution is 2.20. The van der Waals surface area contributed by atoms with Crippen molar-refractivity contribution in [1.82, 2.24) is 0 Å². The van der Waals surface area contributed by atoms with Gasteiger partial charge in [-0.05, 0) is 5.41 Å². The van der Waals surface area contributed by atoms with E-state index in [1.54, 1.807) is 0 Å². The molecule has 0 heterocycles. The lowest BCUT2D eigenvalue weighted by atomic mass is 9.57. The Hall–Kier alpha value is 0.0649. The third-order valence-corrected chi connectivity index (χ3v) is 1.47. The maximum absolute atomic E-state index is 2.30. The van der Waals surface area contributed by atoms with E-state index in [1.807, 2.05) is 0 Å². The zero-order chi connectivity index (χ0) is 7.49. The first-order valence-electron chi connectivity index (χ1n) is 3.92. The molecular formula is C8H19B. The summed E-state index contributed by atoms with van der Waals surface area (Å²) in [5, 5.41) is 0. The molecule has 0 aromatic rings. The summed E-state index contributed by atoms with van der Waals surface area (Å²) in [5.74, 6) is 0.865. The minimum Gasteiger partial charge on any atom is -0.0724 e. The molecule has 0 spiro atoms. The fourth-order valence-corrected chi connectivity index (χ4v) is 0.722. The van der Waals surface area contributed by atoms with Gasteiger partial charge in [0.15, 0.2) is 0 Å². The van der Waals surface area contributed by atoms with Crippen LogP contribution in [0, 0.1) is 5.41 Å². The summed E-state index contributed by atoms with van der Waals surface area (Å²) in [6.45, 7) is 11.5. The Bertz CT molecular complexity index is 69.1. The van der Waals surface area contributed by atoms with Gasteiger partial charge in [-0.1, -0.05) is 46.8 Å². The van der Waals surface area contributed by atoms with Crippen molar-refractivity contribution < 1.29 is 0 Å². The van der Waals surface area contributed by atoms with E-state index in [2.05, 4.69) is 34.6 Å².